The average Bonchev–Trinajstić information content (AvgIpc) is 2.97. The van der Waals surface area contributed by atoms with Gasteiger partial charge < -0.3 is 36.3 Å². The first kappa shape index (κ1) is 32.1. The maximum atomic E-state index is 13.2. The minimum absolute atomic E-state index is 0.181. The lowest BCUT2D eigenvalue weighted by atomic mass is 10.1. The van der Waals surface area contributed by atoms with Gasteiger partial charge in [0, 0.05) is 30.3 Å². The van der Waals surface area contributed by atoms with Crippen molar-refractivity contribution in [2.24, 2.45) is 11.5 Å². The van der Waals surface area contributed by atoms with Crippen molar-refractivity contribution in [1.82, 2.24) is 0 Å². The Hall–Kier alpha value is -4.41. The zero-order chi connectivity index (χ0) is 30.3. The number of hydrogen-bond acceptors (Lipinski definition) is 7. The standard InChI is InChI=1S/C32H40N4O6/c1-22-12-14-27(29(19-22)42-17-7-3-4-11-30(34)37)36-31(38)23-13-15-26(24(20-23)21-40-2)35-32(39)25-9-5-6-10-28(25)41-18-8-16-33/h5-6,9-10,12-15,19-20H,3-4,7-8,11,16-18,21,33H2,1-2H3,(H2,34,37)(H,35,39)(H,36,38). The molecule has 0 aliphatic heterocycles. The number of carbonyl (C=O) groups is 3. The second kappa shape index (κ2) is 16.8. The van der Waals surface area contributed by atoms with E-state index in [4.69, 9.17) is 25.7 Å². The van der Waals surface area contributed by atoms with Gasteiger partial charge in [0.2, 0.25) is 5.91 Å². The number of ether oxygens (including phenoxy) is 3. The predicted octanol–water partition coefficient (Wildman–Crippen LogP) is 4.80. The van der Waals surface area contributed by atoms with E-state index in [-0.39, 0.29) is 24.3 Å². The molecule has 0 radical (unpaired) electrons. The van der Waals surface area contributed by atoms with Gasteiger partial charge in [-0.25, -0.2) is 0 Å². The fourth-order valence-electron chi connectivity index (χ4n) is 4.17. The largest absolute Gasteiger partial charge is 0.493 e. The molecule has 0 heterocycles. The van der Waals surface area contributed by atoms with E-state index in [2.05, 4.69) is 10.6 Å². The summed E-state index contributed by atoms with van der Waals surface area (Å²) in [4.78, 5) is 37.3. The van der Waals surface area contributed by atoms with Gasteiger partial charge in [-0.15, -0.1) is 0 Å². The number of unbranched alkanes of at least 4 members (excludes halogenated alkanes) is 2. The fourth-order valence-corrected chi connectivity index (χ4v) is 4.17. The smallest absolute Gasteiger partial charge is 0.259 e. The van der Waals surface area contributed by atoms with E-state index in [1.165, 1.54) is 0 Å². The molecule has 0 atom stereocenters. The minimum atomic E-state index is -0.344. The van der Waals surface area contributed by atoms with E-state index >= 15 is 0 Å². The first-order valence-corrected chi connectivity index (χ1v) is 14.0. The summed E-state index contributed by atoms with van der Waals surface area (Å²) in [6.07, 6.45) is 3.31. The molecule has 0 fully saturated rings. The normalized spacial score (nSPS) is 10.6. The van der Waals surface area contributed by atoms with Crippen molar-refractivity contribution >= 4 is 29.1 Å². The van der Waals surface area contributed by atoms with E-state index < -0.39 is 0 Å². The molecule has 0 saturated heterocycles. The van der Waals surface area contributed by atoms with Crippen molar-refractivity contribution in [3.8, 4) is 11.5 Å². The van der Waals surface area contributed by atoms with Gasteiger partial charge in [0.05, 0.1) is 31.1 Å². The molecule has 0 saturated carbocycles. The van der Waals surface area contributed by atoms with Crippen LogP contribution < -0.4 is 31.6 Å². The van der Waals surface area contributed by atoms with Crippen LogP contribution >= 0.6 is 0 Å². The van der Waals surface area contributed by atoms with Crippen molar-refractivity contribution in [2.75, 3.05) is 37.5 Å². The molecule has 0 aromatic heterocycles. The maximum absolute atomic E-state index is 13.2. The Morgan fingerprint density at radius 3 is 2.26 bits per heavy atom. The number of para-hydroxylation sites is 1. The number of benzene rings is 3. The summed E-state index contributed by atoms with van der Waals surface area (Å²) < 4.78 is 17.0. The summed E-state index contributed by atoms with van der Waals surface area (Å²) in [6.45, 7) is 3.47. The Balaban J connectivity index is 1.71. The number of nitrogens with two attached hydrogens (primary N) is 2. The number of primary amides is 1. The number of hydrogen-bond donors (Lipinski definition) is 4. The van der Waals surface area contributed by atoms with Crippen molar-refractivity contribution < 1.29 is 28.6 Å². The molecule has 224 valence electrons. The highest BCUT2D eigenvalue weighted by Crippen LogP contribution is 2.28. The molecular weight excluding hydrogens is 536 g/mol. The van der Waals surface area contributed by atoms with Crippen molar-refractivity contribution in [3.63, 3.8) is 0 Å². The molecule has 6 N–H and O–H groups in total. The van der Waals surface area contributed by atoms with Crippen LogP contribution in [0.2, 0.25) is 0 Å². The van der Waals surface area contributed by atoms with Gasteiger partial charge in [0.15, 0.2) is 0 Å². The monoisotopic (exact) mass is 576 g/mol. The molecule has 3 rings (SSSR count). The molecule has 3 amide bonds. The fraction of sp³-hybridized carbons (Fsp3) is 0.344. The molecule has 0 aliphatic rings. The second-order valence-electron chi connectivity index (χ2n) is 9.83. The van der Waals surface area contributed by atoms with E-state index in [0.29, 0.717) is 78.6 Å². The van der Waals surface area contributed by atoms with Crippen LogP contribution in [-0.4, -0.2) is 44.6 Å². The SMILES string of the molecule is COCc1cc(C(=O)Nc2ccc(C)cc2OCCCCCC(N)=O)ccc1NC(=O)c1ccccc1OCCCN. The van der Waals surface area contributed by atoms with Crippen LogP contribution in [0.4, 0.5) is 11.4 Å². The van der Waals surface area contributed by atoms with Crippen molar-refractivity contribution in [2.45, 2.75) is 45.6 Å². The highest BCUT2D eigenvalue weighted by atomic mass is 16.5. The molecule has 0 spiro atoms. The summed E-state index contributed by atoms with van der Waals surface area (Å²) >= 11 is 0. The van der Waals surface area contributed by atoms with Gasteiger partial charge in [-0.2, -0.15) is 0 Å². The van der Waals surface area contributed by atoms with E-state index in [9.17, 15) is 14.4 Å². The zero-order valence-electron chi connectivity index (χ0n) is 24.2. The van der Waals surface area contributed by atoms with Crippen LogP contribution in [0, 0.1) is 6.92 Å². The molecule has 0 unspecified atom stereocenters. The van der Waals surface area contributed by atoms with Gasteiger partial charge in [0.1, 0.15) is 11.5 Å². The number of aryl methyl sites for hydroxylation is 1. The number of amides is 3. The minimum Gasteiger partial charge on any atom is -0.493 e. The summed E-state index contributed by atoms with van der Waals surface area (Å²) in [6, 6.07) is 17.6. The molecule has 0 bridgehead atoms. The quantitative estimate of drug-likeness (QED) is 0.168. The van der Waals surface area contributed by atoms with Crippen LogP contribution in [0.3, 0.4) is 0 Å². The van der Waals surface area contributed by atoms with Crippen molar-refractivity contribution in [3.05, 3.63) is 82.9 Å². The highest BCUT2D eigenvalue weighted by molar-refractivity contribution is 6.08. The summed E-state index contributed by atoms with van der Waals surface area (Å²) in [7, 11) is 1.54. The van der Waals surface area contributed by atoms with Gasteiger partial charge in [-0.05, 0) is 87.2 Å². The lowest BCUT2D eigenvalue weighted by Crippen LogP contribution is -2.17. The molecular formula is C32H40N4O6. The second-order valence-corrected chi connectivity index (χ2v) is 9.83. The number of carbonyl (C=O) groups excluding carboxylic acids is 3. The Labute approximate surface area is 246 Å². The third kappa shape index (κ3) is 9.90. The first-order chi connectivity index (χ1) is 20.3. The number of anilines is 2. The first-order valence-electron chi connectivity index (χ1n) is 14.0. The Bertz CT molecular complexity index is 1360. The third-order valence-corrected chi connectivity index (χ3v) is 6.36. The van der Waals surface area contributed by atoms with E-state index in [1.54, 1.807) is 55.6 Å². The average molecular weight is 577 g/mol. The predicted molar refractivity (Wildman–Crippen MR) is 163 cm³/mol. The van der Waals surface area contributed by atoms with Crippen LogP contribution in [0.15, 0.2) is 60.7 Å². The number of nitrogens with one attached hydrogen (secondary N) is 2. The third-order valence-electron chi connectivity index (χ3n) is 6.36. The molecule has 3 aromatic rings. The lowest BCUT2D eigenvalue weighted by Gasteiger charge is -2.16. The summed E-state index contributed by atoms with van der Waals surface area (Å²) in [5, 5.41) is 5.85. The number of methoxy groups -OCH3 is 1. The lowest BCUT2D eigenvalue weighted by molar-refractivity contribution is -0.118. The molecule has 3 aromatic carbocycles. The Morgan fingerprint density at radius 2 is 1.50 bits per heavy atom. The summed E-state index contributed by atoms with van der Waals surface area (Å²) in [5.74, 6) is 0.0433. The zero-order valence-corrected chi connectivity index (χ0v) is 24.2. The maximum Gasteiger partial charge on any atom is 0.259 e. The number of rotatable bonds is 17. The van der Waals surface area contributed by atoms with E-state index in [1.807, 2.05) is 19.1 Å². The molecule has 10 heteroatoms. The van der Waals surface area contributed by atoms with Gasteiger partial charge >= 0.3 is 0 Å². The van der Waals surface area contributed by atoms with Gasteiger partial charge in [0.25, 0.3) is 11.8 Å². The Kier molecular flexibility index (Phi) is 12.8. The molecule has 42 heavy (non-hydrogen) atoms. The van der Waals surface area contributed by atoms with Crippen molar-refractivity contribution in [1.29, 1.82) is 0 Å². The summed E-state index contributed by atoms with van der Waals surface area (Å²) in [5.41, 5.74) is 14.2. The highest BCUT2D eigenvalue weighted by Gasteiger charge is 2.17. The topological polar surface area (TPSA) is 155 Å². The van der Waals surface area contributed by atoms with Crippen LogP contribution in [0.1, 0.15) is 63.9 Å². The van der Waals surface area contributed by atoms with Crippen LogP contribution in [-0.2, 0) is 16.1 Å². The van der Waals surface area contributed by atoms with E-state index in [0.717, 1.165) is 18.4 Å². The molecule has 0 aliphatic carbocycles. The Morgan fingerprint density at radius 1 is 0.786 bits per heavy atom. The van der Waals surface area contributed by atoms with Gasteiger partial charge in [-0.1, -0.05) is 18.2 Å². The van der Waals surface area contributed by atoms with Crippen LogP contribution in [0.5, 0.6) is 11.5 Å². The molecule has 10 nitrogen and oxygen atoms in total. The van der Waals surface area contributed by atoms with Crippen LogP contribution in [0.25, 0.3) is 0 Å². The van der Waals surface area contributed by atoms with Gasteiger partial charge in [-0.3, -0.25) is 14.4 Å².